The van der Waals surface area contributed by atoms with Gasteiger partial charge in [-0.25, -0.2) is 4.79 Å². The van der Waals surface area contributed by atoms with Gasteiger partial charge in [0.1, 0.15) is 0 Å². The van der Waals surface area contributed by atoms with Crippen molar-refractivity contribution in [2.45, 2.75) is 0 Å². The third kappa shape index (κ3) is 3.71. The normalized spacial score (nSPS) is 10.5. The topological polar surface area (TPSA) is 49.3 Å². The summed E-state index contributed by atoms with van der Waals surface area (Å²) in [4.78, 5) is 11.0. The average Bonchev–Trinajstić information content (AvgIpc) is 2.45. The van der Waals surface area contributed by atoms with Crippen molar-refractivity contribution in [3.05, 3.63) is 71.8 Å². The van der Waals surface area contributed by atoms with E-state index in [0.29, 0.717) is 12.2 Å². The first-order valence-corrected chi connectivity index (χ1v) is 6.05. The Balaban J connectivity index is 1.96. The van der Waals surface area contributed by atoms with Gasteiger partial charge >= 0.3 is 5.97 Å². The number of hydrogen-bond acceptors (Lipinski definition) is 2. The summed E-state index contributed by atoms with van der Waals surface area (Å²) in [5.41, 5.74) is 2.04. The molecule has 0 aliphatic rings. The van der Waals surface area contributed by atoms with Gasteiger partial charge < -0.3 is 10.4 Å². The van der Waals surface area contributed by atoms with Crippen LogP contribution in [0.15, 0.2) is 60.7 Å². The van der Waals surface area contributed by atoms with Gasteiger partial charge in [0, 0.05) is 12.2 Å². The van der Waals surface area contributed by atoms with Crippen molar-refractivity contribution in [2.75, 3.05) is 11.9 Å². The summed E-state index contributed by atoms with van der Waals surface area (Å²) < 4.78 is 0. The summed E-state index contributed by atoms with van der Waals surface area (Å²) in [6, 6.07) is 16.8. The minimum atomic E-state index is -0.921. The van der Waals surface area contributed by atoms with Crippen molar-refractivity contribution in [2.24, 2.45) is 0 Å². The van der Waals surface area contributed by atoms with Crippen LogP contribution in [0.3, 0.4) is 0 Å². The van der Waals surface area contributed by atoms with Crippen molar-refractivity contribution in [3.8, 4) is 0 Å². The monoisotopic (exact) mass is 253 g/mol. The maximum atomic E-state index is 11.0. The Morgan fingerprint density at radius 1 is 1.05 bits per heavy atom. The predicted molar refractivity (Wildman–Crippen MR) is 77.4 cm³/mol. The van der Waals surface area contributed by atoms with Crippen LogP contribution in [0.4, 0.5) is 5.69 Å². The van der Waals surface area contributed by atoms with E-state index in [0.717, 1.165) is 5.56 Å². The summed E-state index contributed by atoms with van der Waals surface area (Å²) in [7, 11) is 0. The highest BCUT2D eigenvalue weighted by Crippen LogP contribution is 2.14. The lowest BCUT2D eigenvalue weighted by molar-refractivity contribution is 0.0698. The molecule has 3 nitrogen and oxygen atoms in total. The Hall–Kier alpha value is -2.55. The van der Waals surface area contributed by atoms with Crippen molar-refractivity contribution in [3.63, 3.8) is 0 Å². The molecule has 2 rings (SSSR count). The number of anilines is 1. The van der Waals surface area contributed by atoms with Crippen molar-refractivity contribution in [1.29, 1.82) is 0 Å². The zero-order valence-electron chi connectivity index (χ0n) is 10.4. The van der Waals surface area contributed by atoms with Gasteiger partial charge in [-0.05, 0) is 17.7 Å². The first kappa shape index (κ1) is 12.9. The smallest absolute Gasteiger partial charge is 0.337 e. The van der Waals surface area contributed by atoms with E-state index >= 15 is 0 Å². The van der Waals surface area contributed by atoms with Crippen LogP contribution in [-0.2, 0) is 0 Å². The molecule has 0 heterocycles. The third-order valence-electron chi connectivity index (χ3n) is 2.68. The Morgan fingerprint density at radius 2 is 1.74 bits per heavy atom. The average molecular weight is 253 g/mol. The summed E-state index contributed by atoms with van der Waals surface area (Å²) in [5, 5.41) is 12.1. The SMILES string of the molecule is O=C(O)c1ccccc1NC/C=C/c1ccccc1. The van der Waals surface area contributed by atoms with Crippen LogP contribution < -0.4 is 5.32 Å². The van der Waals surface area contributed by atoms with Crippen molar-refractivity contribution in [1.82, 2.24) is 0 Å². The van der Waals surface area contributed by atoms with E-state index < -0.39 is 5.97 Å². The summed E-state index contributed by atoms with van der Waals surface area (Å²) in [5.74, 6) is -0.921. The van der Waals surface area contributed by atoms with Crippen LogP contribution in [0, 0.1) is 0 Å². The molecule has 0 aliphatic carbocycles. The maximum absolute atomic E-state index is 11.0. The molecule has 0 aromatic heterocycles. The van der Waals surface area contributed by atoms with Gasteiger partial charge in [0.15, 0.2) is 0 Å². The number of para-hydroxylation sites is 1. The summed E-state index contributed by atoms with van der Waals surface area (Å²) in [6.07, 6.45) is 3.96. The number of hydrogen-bond donors (Lipinski definition) is 2. The molecule has 0 bridgehead atoms. The van der Waals surface area contributed by atoms with Gasteiger partial charge in [0.25, 0.3) is 0 Å². The lowest BCUT2D eigenvalue weighted by Gasteiger charge is -2.06. The van der Waals surface area contributed by atoms with Gasteiger partial charge in [-0.3, -0.25) is 0 Å². The molecule has 2 aromatic carbocycles. The first-order valence-electron chi connectivity index (χ1n) is 6.05. The predicted octanol–water partition coefficient (Wildman–Crippen LogP) is 3.51. The van der Waals surface area contributed by atoms with E-state index in [1.807, 2.05) is 48.6 Å². The number of carboxylic acids is 1. The van der Waals surface area contributed by atoms with E-state index in [-0.39, 0.29) is 5.56 Å². The second kappa shape index (κ2) is 6.40. The number of nitrogens with one attached hydrogen (secondary N) is 1. The van der Waals surface area contributed by atoms with Crippen LogP contribution in [0.2, 0.25) is 0 Å². The van der Waals surface area contributed by atoms with Gasteiger partial charge in [-0.15, -0.1) is 0 Å². The fourth-order valence-electron chi connectivity index (χ4n) is 1.75. The van der Waals surface area contributed by atoms with E-state index in [1.54, 1.807) is 18.2 Å². The highest BCUT2D eigenvalue weighted by molar-refractivity contribution is 5.94. The van der Waals surface area contributed by atoms with Gasteiger partial charge in [0.2, 0.25) is 0 Å². The molecule has 0 spiro atoms. The summed E-state index contributed by atoms with van der Waals surface area (Å²) >= 11 is 0. The quantitative estimate of drug-likeness (QED) is 0.857. The van der Waals surface area contributed by atoms with Crippen molar-refractivity contribution >= 4 is 17.7 Å². The molecule has 0 saturated carbocycles. The molecule has 0 unspecified atom stereocenters. The molecule has 0 radical (unpaired) electrons. The number of benzene rings is 2. The molecule has 0 aliphatic heterocycles. The van der Waals surface area contributed by atoms with E-state index in [4.69, 9.17) is 5.11 Å². The molecule has 0 saturated heterocycles. The Kier molecular flexibility index (Phi) is 4.34. The second-order valence-electron chi connectivity index (χ2n) is 4.04. The van der Waals surface area contributed by atoms with E-state index in [2.05, 4.69) is 5.32 Å². The van der Waals surface area contributed by atoms with Crippen LogP contribution in [-0.4, -0.2) is 17.6 Å². The molecule has 3 heteroatoms. The van der Waals surface area contributed by atoms with Crippen LogP contribution in [0.1, 0.15) is 15.9 Å². The first-order chi connectivity index (χ1) is 9.27. The fraction of sp³-hybridized carbons (Fsp3) is 0.0625. The fourth-order valence-corrected chi connectivity index (χ4v) is 1.75. The highest BCUT2D eigenvalue weighted by Gasteiger charge is 2.07. The minimum absolute atomic E-state index is 0.288. The van der Waals surface area contributed by atoms with Crippen LogP contribution in [0.25, 0.3) is 6.08 Å². The van der Waals surface area contributed by atoms with E-state index in [1.165, 1.54) is 0 Å². The Labute approximate surface area is 112 Å². The third-order valence-corrected chi connectivity index (χ3v) is 2.68. The second-order valence-corrected chi connectivity index (χ2v) is 4.04. The van der Waals surface area contributed by atoms with E-state index in [9.17, 15) is 4.79 Å². The zero-order chi connectivity index (χ0) is 13.5. The van der Waals surface area contributed by atoms with Gasteiger partial charge in [0.05, 0.1) is 5.56 Å². The van der Waals surface area contributed by atoms with Crippen molar-refractivity contribution < 1.29 is 9.90 Å². The summed E-state index contributed by atoms with van der Waals surface area (Å²) in [6.45, 7) is 0.583. The Bertz CT molecular complexity index is 576. The molecule has 2 aromatic rings. The largest absolute Gasteiger partial charge is 0.478 e. The molecule has 96 valence electrons. The Morgan fingerprint density at radius 3 is 2.47 bits per heavy atom. The number of rotatable bonds is 5. The lowest BCUT2D eigenvalue weighted by Crippen LogP contribution is -2.05. The molecule has 2 N–H and O–H groups in total. The zero-order valence-corrected chi connectivity index (χ0v) is 10.4. The lowest BCUT2D eigenvalue weighted by atomic mass is 10.2. The molecule has 0 fully saturated rings. The number of carboxylic acid groups (broad SMARTS) is 1. The highest BCUT2D eigenvalue weighted by atomic mass is 16.4. The molecule has 19 heavy (non-hydrogen) atoms. The number of carbonyl (C=O) groups is 1. The molecule has 0 atom stereocenters. The maximum Gasteiger partial charge on any atom is 0.337 e. The standard InChI is InChI=1S/C16H15NO2/c18-16(19)14-10-4-5-11-15(14)17-12-6-9-13-7-2-1-3-8-13/h1-11,17H,12H2,(H,18,19)/b9-6+. The van der Waals surface area contributed by atoms with Crippen LogP contribution in [0.5, 0.6) is 0 Å². The van der Waals surface area contributed by atoms with Gasteiger partial charge in [-0.1, -0.05) is 54.6 Å². The van der Waals surface area contributed by atoms with Crippen LogP contribution >= 0.6 is 0 Å². The molecular weight excluding hydrogens is 238 g/mol. The molecular formula is C16H15NO2. The minimum Gasteiger partial charge on any atom is -0.478 e. The number of aromatic carboxylic acids is 1. The molecule has 0 amide bonds. The van der Waals surface area contributed by atoms with Gasteiger partial charge in [-0.2, -0.15) is 0 Å².